The number of nitrogens with one attached hydrogen (secondary N) is 1. The Balaban J connectivity index is 1.70. The van der Waals surface area contributed by atoms with Gasteiger partial charge in [-0.25, -0.2) is 0 Å². The first kappa shape index (κ1) is 18.5. The lowest BCUT2D eigenvalue weighted by Gasteiger charge is -2.39. The number of aliphatic hydroxyl groups is 1. The smallest absolute Gasteiger partial charge is 0.249 e. The molecule has 5 heteroatoms. The summed E-state index contributed by atoms with van der Waals surface area (Å²) in [6, 6.07) is 15.8. The molecule has 2 aromatic carbocycles. The Labute approximate surface area is 165 Å². The number of methoxy groups -OCH3 is 1. The average molecular weight is 376 g/mol. The monoisotopic (exact) mass is 376 g/mol. The molecule has 5 nitrogen and oxygen atoms in total. The van der Waals surface area contributed by atoms with Gasteiger partial charge in [0.15, 0.2) is 0 Å². The molecule has 144 valence electrons. The molecule has 0 saturated carbocycles. The van der Waals surface area contributed by atoms with Gasteiger partial charge in [-0.1, -0.05) is 30.0 Å². The molecule has 2 aliphatic heterocycles. The van der Waals surface area contributed by atoms with Crippen LogP contribution in [0, 0.1) is 17.8 Å². The summed E-state index contributed by atoms with van der Waals surface area (Å²) in [5.41, 5.74) is 3.91. The minimum atomic E-state index is -0.0606. The predicted octanol–water partition coefficient (Wildman–Crippen LogP) is 2.41. The van der Waals surface area contributed by atoms with Crippen LogP contribution < -0.4 is 5.32 Å². The quantitative estimate of drug-likeness (QED) is 0.808. The van der Waals surface area contributed by atoms with E-state index in [1.54, 1.807) is 0 Å². The lowest BCUT2D eigenvalue weighted by atomic mass is 9.82. The first-order valence-electron chi connectivity index (χ1n) is 9.58. The zero-order valence-electron chi connectivity index (χ0n) is 15.9. The molecular formula is C23H24N2O3. The molecule has 0 unspecified atom stereocenters. The molecule has 0 radical (unpaired) electrons. The Hall–Kier alpha value is -2.81. The van der Waals surface area contributed by atoms with Crippen LogP contribution in [-0.4, -0.2) is 48.8 Å². The second-order valence-electron chi connectivity index (χ2n) is 7.27. The van der Waals surface area contributed by atoms with Crippen LogP contribution in [0.2, 0.25) is 0 Å². The molecule has 2 N–H and O–H groups in total. The SMILES string of the molecule is COCC(=O)N1CC[C@H]2[C@H](CO)Nc3ccc(C#Cc4ccccc4)cc3[C@H]21. The molecule has 1 saturated heterocycles. The zero-order valence-corrected chi connectivity index (χ0v) is 15.9. The van der Waals surface area contributed by atoms with Gasteiger partial charge in [0, 0.05) is 36.4 Å². The standard InChI is InChI=1S/C23H24N2O3/c1-28-15-22(27)25-12-11-18-21(14-26)24-20-10-9-17(13-19(20)23(18)25)8-7-16-5-3-2-4-6-16/h2-6,9-10,13,18,21,23-24,26H,11-12,14-15H2,1H3/t18-,21-,23-/m0/s1. The van der Waals surface area contributed by atoms with Crippen molar-refractivity contribution in [2.24, 2.45) is 5.92 Å². The highest BCUT2D eigenvalue weighted by molar-refractivity contribution is 5.79. The van der Waals surface area contributed by atoms with Gasteiger partial charge in [-0.2, -0.15) is 0 Å². The summed E-state index contributed by atoms with van der Waals surface area (Å²) in [6.45, 7) is 0.792. The molecular weight excluding hydrogens is 352 g/mol. The third kappa shape index (κ3) is 3.49. The van der Waals surface area contributed by atoms with Crippen molar-refractivity contribution < 1.29 is 14.6 Å². The fourth-order valence-electron chi connectivity index (χ4n) is 4.29. The summed E-state index contributed by atoms with van der Waals surface area (Å²) in [5.74, 6) is 6.58. The number of aliphatic hydroxyl groups excluding tert-OH is 1. The Morgan fingerprint density at radius 1 is 1.21 bits per heavy atom. The lowest BCUT2D eigenvalue weighted by molar-refractivity contribution is -0.136. The van der Waals surface area contributed by atoms with Crippen LogP contribution >= 0.6 is 0 Å². The summed E-state index contributed by atoms with van der Waals surface area (Å²) in [4.78, 5) is 14.5. The van der Waals surface area contributed by atoms with E-state index in [0.717, 1.165) is 28.8 Å². The van der Waals surface area contributed by atoms with Crippen LogP contribution in [0.1, 0.15) is 29.2 Å². The number of rotatable bonds is 3. The number of anilines is 1. The molecule has 2 aromatic rings. The third-order valence-corrected chi connectivity index (χ3v) is 5.58. The zero-order chi connectivity index (χ0) is 19.5. The highest BCUT2D eigenvalue weighted by atomic mass is 16.5. The molecule has 0 bridgehead atoms. The Kier molecular flexibility index (Phi) is 5.34. The third-order valence-electron chi connectivity index (χ3n) is 5.58. The Bertz CT molecular complexity index is 916. The van der Waals surface area contributed by atoms with Gasteiger partial charge in [0.2, 0.25) is 5.91 Å². The van der Waals surface area contributed by atoms with Gasteiger partial charge in [0.1, 0.15) is 6.61 Å². The number of carbonyl (C=O) groups excluding carboxylic acids is 1. The number of hydrogen-bond acceptors (Lipinski definition) is 4. The largest absolute Gasteiger partial charge is 0.394 e. The predicted molar refractivity (Wildman–Crippen MR) is 108 cm³/mol. The van der Waals surface area contributed by atoms with Crippen molar-refractivity contribution >= 4 is 11.6 Å². The first-order valence-corrected chi connectivity index (χ1v) is 9.58. The number of nitrogens with zero attached hydrogens (tertiary/aromatic N) is 1. The van der Waals surface area contributed by atoms with Gasteiger partial charge in [-0.15, -0.1) is 0 Å². The topological polar surface area (TPSA) is 61.8 Å². The number of carbonyl (C=O) groups is 1. The average Bonchev–Trinajstić information content (AvgIpc) is 3.18. The van der Waals surface area contributed by atoms with Gasteiger partial charge >= 0.3 is 0 Å². The van der Waals surface area contributed by atoms with Crippen molar-refractivity contribution in [1.29, 1.82) is 0 Å². The van der Waals surface area contributed by atoms with E-state index < -0.39 is 0 Å². The minimum absolute atomic E-state index is 0.0136. The van der Waals surface area contributed by atoms with Gasteiger partial charge in [0.05, 0.1) is 18.7 Å². The molecule has 0 spiro atoms. The van der Waals surface area contributed by atoms with E-state index in [9.17, 15) is 9.90 Å². The van der Waals surface area contributed by atoms with Crippen LogP contribution in [0.3, 0.4) is 0 Å². The maximum Gasteiger partial charge on any atom is 0.249 e. The molecule has 4 rings (SSSR count). The number of hydrogen-bond donors (Lipinski definition) is 2. The lowest BCUT2D eigenvalue weighted by Crippen LogP contribution is -2.43. The van der Waals surface area contributed by atoms with Gasteiger partial charge in [-0.05, 0) is 42.3 Å². The summed E-state index contributed by atoms with van der Waals surface area (Å²) >= 11 is 0. The van der Waals surface area contributed by atoms with Crippen molar-refractivity contribution in [3.63, 3.8) is 0 Å². The molecule has 3 atom stereocenters. The van der Waals surface area contributed by atoms with E-state index in [1.807, 2.05) is 47.4 Å². The molecule has 1 amide bonds. The molecule has 0 aliphatic carbocycles. The van der Waals surface area contributed by atoms with Crippen molar-refractivity contribution in [3.05, 3.63) is 65.2 Å². The van der Waals surface area contributed by atoms with Crippen LogP contribution in [0.4, 0.5) is 5.69 Å². The Morgan fingerprint density at radius 2 is 2.00 bits per heavy atom. The molecule has 2 heterocycles. The van der Waals surface area contributed by atoms with E-state index in [-0.39, 0.29) is 37.1 Å². The fourth-order valence-corrected chi connectivity index (χ4v) is 4.29. The maximum atomic E-state index is 12.6. The number of benzene rings is 2. The van der Waals surface area contributed by atoms with Gasteiger partial charge in [-0.3, -0.25) is 4.79 Å². The maximum absolute atomic E-state index is 12.6. The van der Waals surface area contributed by atoms with Crippen molar-refractivity contribution in [2.45, 2.75) is 18.5 Å². The highest BCUT2D eigenvalue weighted by Crippen LogP contribution is 2.46. The summed E-state index contributed by atoms with van der Waals surface area (Å²) in [6.07, 6.45) is 0.859. The second-order valence-corrected chi connectivity index (χ2v) is 7.27. The Morgan fingerprint density at radius 3 is 2.75 bits per heavy atom. The van der Waals surface area contributed by atoms with Crippen molar-refractivity contribution in [1.82, 2.24) is 4.90 Å². The molecule has 0 aromatic heterocycles. The summed E-state index contributed by atoms with van der Waals surface area (Å²) in [7, 11) is 1.54. The van der Waals surface area contributed by atoms with Crippen LogP contribution in [0.15, 0.2) is 48.5 Å². The summed E-state index contributed by atoms with van der Waals surface area (Å²) in [5, 5.41) is 13.3. The minimum Gasteiger partial charge on any atom is -0.394 e. The van der Waals surface area contributed by atoms with E-state index in [1.165, 1.54) is 7.11 Å². The normalized spacial score (nSPS) is 22.5. The van der Waals surface area contributed by atoms with Crippen LogP contribution in [0.25, 0.3) is 0 Å². The van der Waals surface area contributed by atoms with Gasteiger partial charge in [0.25, 0.3) is 0 Å². The van der Waals surface area contributed by atoms with Gasteiger partial charge < -0.3 is 20.1 Å². The second kappa shape index (κ2) is 8.05. The molecule has 2 aliphatic rings. The van der Waals surface area contributed by atoms with Crippen LogP contribution in [0.5, 0.6) is 0 Å². The fraction of sp³-hybridized carbons (Fsp3) is 0.348. The molecule has 28 heavy (non-hydrogen) atoms. The number of likely N-dealkylation sites (tertiary alicyclic amines) is 1. The van der Waals surface area contributed by atoms with E-state index in [0.29, 0.717) is 6.54 Å². The number of ether oxygens (including phenoxy) is 1. The van der Waals surface area contributed by atoms with Crippen LogP contribution in [-0.2, 0) is 9.53 Å². The number of fused-ring (bicyclic) bond motifs is 3. The van der Waals surface area contributed by atoms with Crippen molar-refractivity contribution in [2.75, 3.05) is 32.2 Å². The number of amides is 1. The first-order chi connectivity index (χ1) is 13.7. The molecule has 1 fully saturated rings. The van der Waals surface area contributed by atoms with E-state index >= 15 is 0 Å². The highest BCUT2D eigenvalue weighted by Gasteiger charge is 2.45. The van der Waals surface area contributed by atoms with E-state index in [2.05, 4.69) is 23.2 Å². The van der Waals surface area contributed by atoms with Crippen molar-refractivity contribution in [3.8, 4) is 11.8 Å². The summed E-state index contributed by atoms with van der Waals surface area (Å²) < 4.78 is 5.07. The van der Waals surface area contributed by atoms with E-state index in [4.69, 9.17) is 4.74 Å².